The lowest BCUT2D eigenvalue weighted by Gasteiger charge is -2.33. The van der Waals surface area contributed by atoms with Crippen LogP contribution in [0.15, 0.2) is 0 Å². The summed E-state index contributed by atoms with van der Waals surface area (Å²) in [5, 5.41) is 0. The third-order valence-electron chi connectivity index (χ3n) is 4.79. The maximum Gasteiger partial charge on any atom is -0.0354 e. The zero-order valence-corrected chi connectivity index (χ0v) is 10.2. The Morgan fingerprint density at radius 2 is 1.50 bits per heavy atom. The fourth-order valence-corrected chi connectivity index (χ4v) is 3.57. The molecule has 0 N–H and O–H groups in total. The highest BCUT2D eigenvalue weighted by Gasteiger charge is 2.33. The van der Waals surface area contributed by atoms with Crippen molar-refractivity contribution in [1.82, 2.24) is 0 Å². The highest BCUT2D eigenvalue weighted by molar-refractivity contribution is 4.85. The Morgan fingerprint density at radius 3 is 2.21 bits per heavy atom. The number of hydrogen-bond acceptors (Lipinski definition) is 0. The Hall–Kier alpha value is 0. The SMILES string of the molecule is CC1CCC2CCC(C)(C)CCC2C1. The quantitative estimate of drug-likeness (QED) is 0.527. The molecular formula is C14H26. The van der Waals surface area contributed by atoms with Crippen LogP contribution in [0.5, 0.6) is 0 Å². The maximum atomic E-state index is 2.47. The Labute approximate surface area is 89.5 Å². The van der Waals surface area contributed by atoms with Crippen molar-refractivity contribution in [3.05, 3.63) is 0 Å². The van der Waals surface area contributed by atoms with E-state index in [9.17, 15) is 0 Å². The first kappa shape index (κ1) is 10.5. The number of hydrogen-bond donors (Lipinski definition) is 0. The van der Waals surface area contributed by atoms with Crippen LogP contribution in [0, 0.1) is 23.2 Å². The fourth-order valence-electron chi connectivity index (χ4n) is 3.57. The summed E-state index contributed by atoms with van der Waals surface area (Å²) in [6, 6.07) is 0. The van der Waals surface area contributed by atoms with Crippen molar-refractivity contribution in [2.24, 2.45) is 23.2 Å². The first-order valence-corrected chi connectivity index (χ1v) is 6.57. The fraction of sp³-hybridized carbons (Fsp3) is 1.00. The van der Waals surface area contributed by atoms with E-state index >= 15 is 0 Å². The van der Waals surface area contributed by atoms with Gasteiger partial charge in [0.1, 0.15) is 0 Å². The topological polar surface area (TPSA) is 0 Å². The van der Waals surface area contributed by atoms with Crippen LogP contribution in [0.1, 0.15) is 65.7 Å². The van der Waals surface area contributed by atoms with E-state index in [4.69, 9.17) is 0 Å². The average molecular weight is 194 g/mol. The molecule has 0 spiro atoms. The summed E-state index contributed by atoms with van der Waals surface area (Å²) in [4.78, 5) is 0. The van der Waals surface area contributed by atoms with Gasteiger partial charge in [-0.05, 0) is 61.7 Å². The zero-order chi connectivity index (χ0) is 10.2. The Kier molecular flexibility index (Phi) is 2.91. The van der Waals surface area contributed by atoms with Crippen molar-refractivity contribution in [3.8, 4) is 0 Å². The zero-order valence-electron chi connectivity index (χ0n) is 10.2. The molecule has 0 saturated heterocycles. The molecule has 0 heteroatoms. The van der Waals surface area contributed by atoms with Crippen LogP contribution in [0.25, 0.3) is 0 Å². The molecule has 0 aliphatic heterocycles. The summed E-state index contributed by atoms with van der Waals surface area (Å²) >= 11 is 0. The van der Waals surface area contributed by atoms with Crippen LogP contribution in [-0.2, 0) is 0 Å². The summed E-state index contributed by atoms with van der Waals surface area (Å²) in [5.74, 6) is 3.19. The lowest BCUT2D eigenvalue weighted by atomic mass is 9.72. The molecule has 2 rings (SSSR count). The van der Waals surface area contributed by atoms with Gasteiger partial charge in [0.25, 0.3) is 0 Å². The third-order valence-corrected chi connectivity index (χ3v) is 4.79. The molecular weight excluding hydrogens is 168 g/mol. The van der Waals surface area contributed by atoms with E-state index in [-0.39, 0.29) is 0 Å². The molecule has 2 aliphatic rings. The lowest BCUT2D eigenvalue weighted by Crippen LogP contribution is -2.22. The van der Waals surface area contributed by atoms with Crippen molar-refractivity contribution in [1.29, 1.82) is 0 Å². The van der Waals surface area contributed by atoms with Gasteiger partial charge in [-0.2, -0.15) is 0 Å². The highest BCUT2D eigenvalue weighted by Crippen LogP contribution is 2.46. The van der Waals surface area contributed by atoms with Crippen molar-refractivity contribution in [2.75, 3.05) is 0 Å². The molecule has 0 bridgehead atoms. The normalized spacial score (nSPS) is 42.6. The van der Waals surface area contributed by atoms with Gasteiger partial charge in [0, 0.05) is 0 Å². The van der Waals surface area contributed by atoms with Gasteiger partial charge in [-0.25, -0.2) is 0 Å². The van der Waals surface area contributed by atoms with Gasteiger partial charge in [-0.15, -0.1) is 0 Å². The van der Waals surface area contributed by atoms with Gasteiger partial charge in [-0.1, -0.05) is 27.2 Å². The predicted molar refractivity (Wildman–Crippen MR) is 62.2 cm³/mol. The molecule has 3 atom stereocenters. The van der Waals surface area contributed by atoms with E-state index in [0.717, 1.165) is 17.8 Å². The Morgan fingerprint density at radius 1 is 0.857 bits per heavy atom. The van der Waals surface area contributed by atoms with Crippen LogP contribution >= 0.6 is 0 Å². The Bertz CT molecular complexity index is 192. The van der Waals surface area contributed by atoms with E-state index in [1.54, 1.807) is 0 Å². The van der Waals surface area contributed by atoms with Gasteiger partial charge in [-0.3, -0.25) is 0 Å². The maximum absolute atomic E-state index is 2.47. The molecule has 3 unspecified atom stereocenters. The minimum Gasteiger partial charge on any atom is -0.0625 e. The second kappa shape index (κ2) is 3.87. The van der Waals surface area contributed by atoms with Crippen molar-refractivity contribution in [2.45, 2.75) is 65.7 Å². The molecule has 0 aromatic carbocycles. The van der Waals surface area contributed by atoms with Crippen LogP contribution in [0.2, 0.25) is 0 Å². The van der Waals surface area contributed by atoms with Crippen molar-refractivity contribution < 1.29 is 0 Å². The first-order chi connectivity index (χ1) is 6.57. The monoisotopic (exact) mass is 194 g/mol. The average Bonchev–Trinajstić information content (AvgIpc) is 2.26. The summed E-state index contributed by atoms with van der Waals surface area (Å²) in [6.45, 7) is 7.38. The Balaban J connectivity index is 1.99. The molecule has 0 heterocycles. The van der Waals surface area contributed by atoms with Gasteiger partial charge in [0.05, 0.1) is 0 Å². The van der Waals surface area contributed by atoms with Crippen LogP contribution in [-0.4, -0.2) is 0 Å². The summed E-state index contributed by atoms with van der Waals surface area (Å²) in [7, 11) is 0. The van der Waals surface area contributed by atoms with E-state index in [2.05, 4.69) is 20.8 Å². The second-order valence-corrected chi connectivity index (χ2v) is 6.68. The molecule has 82 valence electrons. The number of rotatable bonds is 0. The molecule has 2 aliphatic carbocycles. The molecule has 0 radical (unpaired) electrons. The summed E-state index contributed by atoms with van der Waals surface area (Å²) in [6.07, 6.45) is 10.5. The molecule has 0 aromatic rings. The molecule has 2 saturated carbocycles. The van der Waals surface area contributed by atoms with Gasteiger partial charge in [0.15, 0.2) is 0 Å². The molecule has 0 aromatic heterocycles. The van der Waals surface area contributed by atoms with Gasteiger partial charge in [0.2, 0.25) is 0 Å². The van der Waals surface area contributed by atoms with E-state index < -0.39 is 0 Å². The molecule has 14 heavy (non-hydrogen) atoms. The van der Waals surface area contributed by atoms with Crippen LogP contribution < -0.4 is 0 Å². The van der Waals surface area contributed by atoms with Gasteiger partial charge < -0.3 is 0 Å². The first-order valence-electron chi connectivity index (χ1n) is 6.57. The number of fused-ring (bicyclic) bond motifs is 1. The van der Waals surface area contributed by atoms with Gasteiger partial charge >= 0.3 is 0 Å². The largest absolute Gasteiger partial charge is 0.0625 e. The van der Waals surface area contributed by atoms with E-state index in [1.165, 1.54) is 44.9 Å². The highest BCUT2D eigenvalue weighted by atomic mass is 14.4. The summed E-state index contributed by atoms with van der Waals surface area (Å²) in [5.41, 5.74) is 0.639. The lowest BCUT2D eigenvalue weighted by molar-refractivity contribution is 0.179. The summed E-state index contributed by atoms with van der Waals surface area (Å²) < 4.78 is 0. The van der Waals surface area contributed by atoms with E-state index in [1.807, 2.05) is 0 Å². The predicted octanol–water partition coefficient (Wildman–Crippen LogP) is 4.64. The standard InChI is InChI=1S/C14H26/c1-11-4-5-12-6-8-14(2,3)9-7-13(12)10-11/h11-13H,4-10H2,1-3H3. The molecule has 2 fully saturated rings. The minimum absolute atomic E-state index is 0.639. The minimum atomic E-state index is 0.639. The second-order valence-electron chi connectivity index (χ2n) is 6.68. The molecule has 0 amide bonds. The van der Waals surface area contributed by atoms with Crippen molar-refractivity contribution >= 4 is 0 Å². The van der Waals surface area contributed by atoms with Crippen LogP contribution in [0.4, 0.5) is 0 Å². The smallest absolute Gasteiger partial charge is 0.0354 e. The van der Waals surface area contributed by atoms with E-state index in [0.29, 0.717) is 5.41 Å². The third kappa shape index (κ3) is 2.32. The molecule has 0 nitrogen and oxygen atoms in total. The van der Waals surface area contributed by atoms with Crippen LogP contribution in [0.3, 0.4) is 0 Å². The van der Waals surface area contributed by atoms with Crippen molar-refractivity contribution in [3.63, 3.8) is 0 Å².